The smallest absolute Gasteiger partial charge is 0.248 e. The van der Waals surface area contributed by atoms with E-state index in [2.05, 4.69) is 0 Å². The maximum atomic E-state index is 11.7. The lowest BCUT2D eigenvalue weighted by molar-refractivity contribution is -0.140. The van der Waals surface area contributed by atoms with Crippen molar-refractivity contribution < 1.29 is 14.6 Å². The highest BCUT2D eigenvalue weighted by atomic mass is 16.5. The molecule has 1 rings (SSSR count). The molecule has 0 radical (unpaired) electrons. The number of carbonyl (C=O) groups excluding carboxylic acids is 1. The van der Waals surface area contributed by atoms with Gasteiger partial charge in [0, 0.05) is 25.6 Å². The summed E-state index contributed by atoms with van der Waals surface area (Å²) >= 11 is 0. The summed E-state index contributed by atoms with van der Waals surface area (Å²) in [6, 6.07) is 0. The molecule has 1 aliphatic heterocycles. The van der Waals surface area contributed by atoms with E-state index < -0.39 is 0 Å². The van der Waals surface area contributed by atoms with Crippen molar-refractivity contribution in [3.8, 4) is 0 Å². The third kappa shape index (κ3) is 4.18. The average molecular weight is 215 g/mol. The molecule has 1 amide bonds. The molecule has 1 heterocycles. The number of ether oxygens (including phenoxy) is 1. The second-order valence-corrected chi connectivity index (χ2v) is 5.08. The van der Waals surface area contributed by atoms with E-state index in [-0.39, 0.29) is 30.6 Å². The van der Waals surface area contributed by atoms with Gasteiger partial charge < -0.3 is 14.7 Å². The predicted molar refractivity (Wildman–Crippen MR) is 57.5 cm³/mol. The molecule has 1 saturated heterocycles. The summed E-state index contributed by atoms with van der Waals surface area (Å²) in [6.07, 6.45) is 0.901. The zero-order valence-corrected chi connectivity index (χ0v) is 9.82. The molecule has 0 bridgehead atoms. The Bertz CT molecular complexity index is 222. The molecule has 4 heteroatoms. The Morgan fingerprint density at radius 3 is 2.67 bits per heavy atom. The van der Waals surface area contributed by atoms with Crippen LogP contribution in [0.4, 0.5) is 0 Å². The van der Waals surface area contributed by atoms with E-state index in [1.807, 2.05) is 20.8 Å². The first-order chi connectivity index (χ1) is 6.92. The maximum absolute atomic E-state index is 11.7. The summed E-state index contributed by atoms with van der Waals surface area (Å²) in [5.41, 5.74) is -0.272. The van der Waals surface area contributed by atoms with E-state index in [0.717, 1.165) is 13.0 Å². The molecule has 15 heavy (non-hydrogen) atoms. The fraction of sp³-hybridized carbons (Fsp3) is 0.909. The van der Waals surface area contributed by atoms with Gasteiger partial charge in [0.15, 0.2) is 0 Å². The zero-order chi connectivity index (χ0) is 11.5. The molecule has 1 aliphatic rings. The standard InChI is InChI=1S/C11H21NO3/c1-11(2,3)15-8-10(14)12-5-4-9(6-12)7-13/h9,13H,4-8H2,1-3H3. The number of nitrogens with zero attached hydrogens (tertiary/aromatic N) is 1. The van der Waals surface area contributed by atoms with Crippen LogP contribution in [-0.2, 0) is 9.53 Å². The minimum Gasteiger partial charge on any atom is -0.396 e. The SMILES string of the molecule is CC(C)(C)OCC(=O)N1CCC(CO)C1. The number of rotatable bonds is 3. The van der Waals surface area contributed by atoms with E-state index >= 15 is 0 Å². The van der Waals surface area contributed by atoms with Crippen molar-refractivity contribution in [3.63, 3.8) is 0 Å². The van der Waals surface area contributed by atoms with Crippen molar-refractivity contribution in [2.75, 3.05) is 26.3 Å². The second-order valence-electron chi connectivity index (χ2n) is 5.08. The third-order valence-electron chi connectivity index (χ3n) is 2.53. The molecule has 0 aliphatic carbocycles. The Hall–Kier alpha value is -0.610. The highest BCUT2D eigenvalue weighted by Crippen LogP contribution is 2.16. The van der Waals surface area contributed by atoms with Crippen molar-refractivity contribution in [1.29, 1.82) is 0 Å². The Morgan fingerprint density at radius 2 is 2.20 bits per heavy atom. The Morgan fingerprint density at radius 1 is 1.53 bits per heavy atom. The lowest BCUT2D eigenvalue weighted by atomic mass is 10.1. The number of carbonyl (C=O) groups is 1. The summed E-state index contributed by atoms with van der Waals surface area (Å²) in [5.74, 6) is 0.282. The first-order valence-corrected chi connectivity index (χ1v) is 5.45. The van der Waals surface area contributed by atoms with Gasteiger partial charge >= 0.3 is 0 Å². The summed E-state index contributed by atoms with van der Waals surface area (Å²) in [7, 11) is 0. The van der Waals surface area contributed by atoms with Crippen LogP contribution in [0.3, 0.4) is 0 Å². The molecule has 1 unspecified atom stereocenters. The molecular formula is C11H21NO3. The number of aliphatic hydroxyl groups excluding tert-OH is 1. The average Bonchev–Trinajstić information content (AvgIpc) is 2.61. The van der Waals surface area contributed by atoms with Crippen molar-refractivity contribution in [1.82, 2.24) is 4.90 Å². The van der Waals surface area contributed by atoms with Gasteiger partial charge in [0.2, 0.25) is 5.91 Å². The lowest BCUT2D eigenvalue weighted by Gasteiger charge is -2.22. The van der Waals surface area contributed by atoms with Gasteiger partial charge in [-0.1, -0.05) is 0 Å². The Kier molecular flexibility index (Phi) is 4.11. The van der Waals surface area contributed by atoms with Gasteiger partial charge in [-0.3, -0.25) is 4.79 Å². The molecule has 4 nitrogen and oxygen atoms in total. The summed E-state index contributed by atoms with van der Waals surface area (Å²) in [5, 5.41) is 8.96. The maximum Gasteiger partial charge on any atom is 0.248 e. The molecule has 1 fully saturated rings. The Labute approximate surface area is 91.2 Å². The number of amides is 1. The molecule has 1 N–H and O–H groups in total. The second kappa shape index (κ2) is 4.94. The van der Waals surface area contributed by atoms with Crippen LogP contribution in [0.5, 0.6) is 0 Å². The first kappa shape index (κ1) is 12.5. The van der Waals surface area contributed by atoms with Gasteiger partial charge in [0.1, 0.15) is 6.61 Å². The van der Waals surface area contributed by atoms with Crippen LogP contribution in [0.25, 0.3) is 0 Å². The first-order valence-electron chi connectivity index (χ1n) is 5.45. The van der Waals surface area contributed by atoms with Gasteiger partial charge in [-0.05, 0) is 27.2 Å². The zero-order valence-electron chi connectivity index (χ0n) is 9.82. The Balaban J connectivity index is 2.30. The molecule has 1 atom stereocenters. The topological polar surface area (TPSA) is 49.8 Å². The number of hydrogen-bond acceptors (Lipinski definition) is 3. The molecule has 0 aromatic carbocycles. The van der Waals surface area contributed by atoms with E-state index in [1.54, 1.807) is 4.90 Å². The van der Waals surface area contributed by atoms with E-state index in [0.29, 0.717) is 6.54 Å². The van der Waals surface area contributed by atoms with E-state index in [4.69, 9.17) is 9.84 Å². The quantitative estimate of drug-likeness (QED) is 0.751. The van der Waals surface area contributed by atoms with Gasteiger partial charge in [-0.2, -0.15) is 0 Å². The van der Waals surface area contributed by atoms with Crippen molar-refractivity contribution >= 4 is 5.91 Å². The number of likely N-dealkylation sites (tertiary alicyclic amines) is 1. The van der Waals surface area contributed by atoms with Crippen LogP contribution in [0.2, 0.25) is 0 Å². The summed E-state index contributed by atoms with van der Waals surface area (Å²) in [6.45, 7) is 7.52. The molecule has 88 valence electrons. The largest absolute Gasteiger partial charge is 0.396 e. The van der Waals surface area contributed by atoms with Crippen molar-refractivity contribution in [3.05, 3.63) is 0 Å². The summed E-state index contributed by atoms with van der Waals surface area (Å²) < 4.78 is 5.42. The normalized spacial score (nSPS) is 22.1. The van der Waals surface area contributed by atoms with Gasteiger partial charge in [0.25, 0.3) is 0 Å². The van der Waals surface area contributed by atoms with Crippen LogP contribution in [0.15, 0.2) is 0 Å². The molecule has 0 aromatic rings. The predicted octanol–water partition coefficient (Wildman–Crippen LogP) is 0.642. The fourth-order valence-electron chi connectivity index (χ4n) is 1.58. The highest BCUT2D eigenvalue weighted by molar-refractivity contribution is 5.77. The van der Waals surface area contributed by atoms with Gasteiger partial charge in [-0.25, -0.2) is 0 Å². The number of aliphatic hydroxyl groups is 1. The minimum absolute atomic E-state index is 0.0286. The van der Waals surface area contributed by atoms with E-state index in [1.165, 1.54) is 0 Å². The fourth-order valence-corrected chi connectivity index (χ4v) is 1.58. The van der Waals surface area contributed by atoms with Crippen LogP contribution < -0.4 is 0 Å². The monoisotopic (exact) mass is 215 g/mol. The highest BCUT2D eigenvalue weighted by Gasteiger charge is 2.26. The number of hydrogen-bond donors (Lipinski definition) is 1. The minimum atomic E-state index is -0.272. The van der Waals surface area contributed by atoms with Crippen LogP contribution in [0.1, 0.15) is 27.2 Å². The van der Waals surface area contributed by atoms with Crippen LogP contribution >= 0.6 is 0 Å². The molecular weight excluding hydrogens is 194 g/mol. The molecule has 0 aromatic heterocycles. The van der Waals surface area contributed by atoms with E-state index in [9.17, 15) is 4.79 Å². The lowest BCUT2D eigenvalue weighted by Crippen LogP contribution is -2.35. The van der Waals surface area contributed by atoms with Gasteiger partial charge in [-0.15, -0.1) is 0 Å². The molecule has 0 spiro atoms. The molecule has 0 saturated carbocycles. The van der Waals surface area contributed by atoms with Gasteiger partial charge in [0.05, 0.1) is 5.60 Å². The van der Waals surface area contributed by atoms with Crippen molar-refractivity contribution in [2.45, 2.75) is 32.8 Å². The van der Waals surface area contributed by atoms with Crippen LogP contribution in [-0.4, -0.2) is 47.8 Å². The summed E-state index contributed by atoms with van der Waals surface area (Å²) in [4.78, 5) is 13.4. The van der Waals surface area contributed by atoms with Crippen molar-refractivity contribution in [2.24, 2.45) is 5.92 Å². The van der Waals surface area contributed by atoms with Crippen LogP contribution in [0, 0.1) is 5.92 Å². The third-order valence-corrected chi connectivity index (χ3v) is 2.53.